The molecular formula is C16H22N6. The van der Waals surface area contributed by atoms with Crippen LogP contribution >= 0.6 is 0 Å². The zero-order valence-electron chi connectivity index (χ0n) is 13.4. The van der Waals surface area contributed by atoms with Crippen molar-refractivity contribution in [1.29, 1.82) is 0 Å². The summed E-state index contributed by atoms with van der Waals surface area (Å²) in [5.74, 6) is 0.742. The molecule has 1 aliphatic rings. The van der Waals surface area contributed by atoms with Gasteiger partial charge in [-0.05, 0) is 26.3 Å². The second kappa shape index (κ2) is 6.36. The lowest BCUT2D eigenvalue weighted by atomic mass is 10.1. The summed E-state index contributed by atoms with van der Waals surface area (Å²) in [5, 5.41) is 0. The van der Waals surface area contributed by atoms with Gasteiger partial charge in [-0.25, -0.2) is 9.97 Å². The molecule has 22 heavy (non-hydrogen) atoms. The standard InChI is InChI=1S/C16H22N6/c1-12-7-17-10-14(20-12)15-5-4-6-22(15)11-13-8-18-16(19-9-13)21(2)3/h7-10,15H,4-6,11H2,1-3H3/t15-/m1/s1. The highest BCUT2D eigenvalue weighted by Gasteiger charge is 2.27. The van der Waals surface area contributed by atoms with Gasteiger partial charge < -0.3 is 4.90 Å². The number of rotatable bonds is 4. The van der Waals surface area contributed by atoms with Gasteiger partial charge in [-0.15, -0.1) is 0 Å². The Kier molecular flexibility index (Phi) is 4.29. The average molecular weight is 298 g/mol. The fourth-order valence-corrected chi connectivity index (χ4v) is 2.89. The van der Waals surface area contributed by atoms with E-state index in [-0.39, 0.29) is 0 Å². The fraction of sp³-hybridized carbons (Fsp3) is 0.500. The van der Waals surface area contributed by atoms with E-state index in [1.54, 1.807) is 6.20 Å². The maximum absolute atomic E-state index is 4.64. The zero-order chi connectivity index (χ0) is 15.5. The van der Waals surface area contributed by atoms with E-state index in [0.717, 1.165) is 42.4 Å². The van der Waals surface area contributed by atoms with Crippen LogP contribution in [0.5, 0.6) is 0 Å². The van der Waals surface area contributed by atoms with Crippen LogP contribution in [0.25, 0.3) is 0 Å². The summed E-state index contributed by atoms with van der Waals surface area (Å²) in [5.41, 5.74) is 3.18. The smallest absolute Gasteiger partial charge is 0.224 e. The molecule has 6 heteroatoms. The van der Waals surface area contributed by atoms with Gasteiger partial charge in [0, 0.05) is 51.0 Å². The Balaban J connectivity index is 1.73. The lowest BCUT2D eigenvalue weighted by molar-refractivity contribution is 0.243. The lowest BCUT2D eigenvalue weighted by Gasteiger charge is -2.24. The highest BCUT2D eigenvalue weighted by Crippen LogP contribution is 2.31. The molecule has 0 spiro atoms. The molecule has 0 radical (unpaired) electrons. The van der Waals surface area contributed by atoms with E-state index in [4.69, 9.17) is 0 Å². The Hall–Kier alpha value is -2.08. The predicted octanol–water partition coefficient (Wildman–Crippen LogP) is 1.98. The third-order valence-electron chi connectivity index (χ3n) is 3.96. The number of nitrogens with zero attached hydrogens (tertiary/aromatic N) is 6. The molecule has 0 unspecified atom stereocenters. The van der Waals surface area contributed by atoms with Crippen molar-refractivity contribution in [2.45, 2.75) is 32.4 Å². The highest BCUT2D eigenvalue weighted by molar-refractivity contribution is 5.26. The minimum atomic E-state index is 0.348. The molecular weight excluding hydrogens is 276 g/mol. The molecule has 2 aromatic heterocycles. The van der Waals surface area contributed by atoms with Crippen molar-refractivity contribution >= 4 is 5.95 Å². The van der Waals surface area contributed by atoms with Gasteiger partial charge in [-0.1, -0.05) is 0 Å². The molecule has 1 saturated heterocycles. The van der Waals surface area contributed by atoms with E-state index in [9.17, 15) is 0 Å². The van der Waals surface area contributed by atoms with Gasteiger partial charge in [0.1, 0.15) is 0 Å². The minimum Gasteiger partial charge on any atom is -0.347 e. The summed E-state index contributed by atoms with van der Waals surface area (Å²) >= 11 is 0. The lowest BCUT2D eigenvalue weighted by Crippen LogP contribution is -2.24. The van der Waals surface area contributed by atoms with Crippen LogP contribution in [-0.2, 0) is 6.54 Å². The predicted molar refractivity (Wildman–Crippen MR) is 85.5 cm³/mol. The number of hydrogen-bond acceptors (Lipinski definition) is 6. The molecule has 2 aromatic rings. The normalized spacial score (nSPS) is 18.6. The van der Waals surface area contributed by atoms with Gasteiger partial charge in [0.25, 0.3) is 0 Å². The van der Waals surface area contributed by atoms with E-state index in [0.29, 0.717) is 6.04 Å². The van der Waals surface area contributed by atoms with Gasteiger partial charge in [-0.2, -0.15) is 0 Å². The van der Waals surface area contributed by atoms with Gasteiger partial charge in [0.2, 0.25) is 5.95 Å². The van der Waals surface area contributed by atoms with Crippen LogP contribution in [-0.4, -0.2) is 45.5 Å². The second-order valence-corrected chi connectivity index (χ2v) is 6.00. The van der Waals surface area contributed by atoms with E-state index >= 15 is 0 Å². The van der Waals surface area contributed by atoms with Gasteiger partial charge >= 0.3 is 0 Å². The molecule has 0 N–H and O–H groups in total. The minimum absolute atomic E-state index is 0.348. The van der Waals surface area contributed by atoms with Crippen LogP contribution in [0.4, 0.5) is 5.95 Å². The summed E-state index contributed by atoms with van der Waals surface area (Å²) in [7, 11) is 3.89. The second-order valence-electron chi connectivity index (χ2n) is 6.00. The Morgan fingerprint density at radius 3 is 2.64 bits per heavy atom. The first-order chi connectivity index (χ1) is 10.6. The molecule has 3 heterocycles. The summed E-state index contributed by atoms with van der Waals surface area (Å²) in [4.78, 5) is 22.1. The number of hydrogen-bond donors (Lipinski definition) is 0. The molecule has 1 fully saturated rings. The summed E-state index contributed by atoms with van der Waals surface area (Å²) < 4.78 is 0. The maximum atomic E-state index is 4.64. The topological polar surface area (TPSA) is 58.0 Å². The molecule has 0 aromatic carbocycles. The zero-order valence-corrected chi connectivity index (χ0v) is 13.4. The quantitative estimate of drug-likeness (QED) is 0.860. The molecule has 116 valence electrons. The fourth-order valence-electron chi connectivity index (χ4n) is 2.89. The van der Waals surface area contributed by atoms with Gasteiger partial charge in [-0.3, -0.25) is 14.9 Å². The molecule has 1 atom stereocenters. The average Bonchev–Trinajstić information content (AvgIpc) is 2.96. The largest absolute Gasteiger partial charge is 0.347 e. The number of likely N-dealkylation sites (tertiary alicyclic amines) is 1. The first-order valence-electron chi connectivity index (χ1n) is 7.64. The van der Waals surface area contributed by atoms with Crippen LogP contribution in [0.2, 0.25) is 0 Å². The van der Waals surface area contributed by atoms with Crippen LogP contribution in [0.3, 0.4) is 0 Å². The molecule has 0 aliphatic carbocycles. The summed E-state index contributed by atoms with van der Waals surface area (Å²) in [6, 6.07) is 0.348. The number of aryl methyl sites for hydroxylation is 1. The van der Waals surface area contributed by atoms with Crippen LogP contribution < -0.4 is 4.90 Å². The van der Waals surface area contributed by atoms with Crippen molar-refractivity contribution in [3.8, 4) is 0 Å². The monoisotopic (exact) mass is 298 g/mol. The van der Waals surface area contributed by atoms with Crippen molar-refractivity contribution < 1.29 is 0 Å². The summed E-state index contributed by atoms with van der Waals surface area (Å²) in [6.45, 7) is 3.92. The molecule has 3 rings (SSSR count). The van der Waals surface area contributed by atoms with E-state index in [1.165, 1.54) is 6.42 Å². The van der Waals surface area contributed by atoms with E-state index in [2.05, 4.69) is 24.8 Å². The molecule has 1 aliphatic heterocycles. The first kappa shape index (κ1) is 14.8. The van der Waals surface area contributed by atoms with Gasteiger partial charge in [0.05, 0.1) is 17.4 Å². The van der Waals surface area contributed by atoms with Crippen molar-refractivity contribution in [2.75, 3.05) is 25.5 Å². The number of aromatic nitrogens is 4. The highest BCUT2D eigenvalue weighted by atomic mass is 15.2. The third-order valence-corrected chi connectivity index (χ3v) is 3.96. The molecule has 0 saturated carbocycles. The molecule has 0 bridgehead atoms. The maximum Gasteiger partial charge on any atom is 0.224 e. The Morgan fingerprint density at radius 1 is 1.18 bits per heavy atom. The SMILES string of the molecule is Cc1cncc([C@H]2CCCN2Cc2cnc(N(C)C)nc2)n1. The van der Waals surface area contributed by atoms with Crippen LogP contribution in [0.15, 0.2) is 24.8 Å². The Labute approximate surface area is 131 Å². The Morgan fingerprint density at radius 2 is 1.95 bits per heavy atom. The van der Waals surface area contributed by atoms with E-state index in [1.807, 2.05) is 44.5 Å². The first-order valence-corrected chi connectivity index (χ1v) is 7.64. The van der Waals surface area contributed by atoms with Crippen molar-refractivity contribution in [1.82, 2.24) is 24.8 Å². The molecule has 0 amide bonds. The van der Waals surface area contributed by atoms with E-state index < -0.39 is 0 Å². The Bertz CT molecular complexity index is 625. The van der Waals surface area contributed by atoms with Gasteiger partial charge in [0.15, 0.2) is 0 Å². The van der Waals surface area contributed by atoms with Crippen molar-refractivity contribution in [3.05, 3.63) is 41.7 Å². The van der Waals surface area contributed by atoms with Crippen LogP contribution in [0, 0.1) is 6.92 Å². The summed E-state index contributed by atoms with van der Waals surface area (Å²) in [6.07, 6.45) is 9.85. The molecule has 6 nitrogen and oxygen atoms in total. The van der Waals surface area contributed by atoms with Crippen LogP contribution in [0.1, 0.15) is 35.8 Å². The van der Waals surface area contributed by atoms with Crippen molar-refractivity contribution in [3.63, 3.8) is 0 Å². The van der Waals surface area contributed by atoms with Crippen molar-refractivity contribution in [2.24, 2.45) is 0 Å². The third kappa shape index (κ3) is 3.22. The number of anilines is 1.